The molecule has 2 aromatic carbocycles. The lowest BCUT2D eigenvalue weighted by atomic mass is 10.1. The molecule has 1 heterocycles. The lowest BCUT2D eigenvalue weighted by Gasteiger charge is -2.31. The molecule has 0 atom stereocenters. The van der Waals surface area contributed by atoms with Gasteiger partial charge in [-0.05, 0) is 43.5 Å². The number of nitro groups is 1. The van der Waals surface area contributed by atoms with Crippen LogP contribution in [-0.4, -0.2) is 49.7 Å². The van der Waals surface area contributed by atoms with Crippen molar-refractivity contribution in [3.63, 3.8) is 0 Å². The highest BCUT2D eigenvalue weighted by Gasteiger charge is 2.26. The molecular weight excluding hydrogens is 432 g/mol. The second-order valence-corrected chi connectivity index (χ2v) is 9.48. The third-order valence-corrected chi connectivity index (χ3v) is 7.65. The molecule has 0 radical (unpaired) electrons. The number of anilines is 2. The molecule has 0 aromatic heterocycles. The average Bonchev–Trinajstić information content (AvgIpc) is 2.80. The summed E-state index contributed by atoms with van der Waals surface area (Å²) in [5.41, 5.74) is 0.633. The molecule has 2 aromatic rings. The van der Waals surface area contributed by atoms with Crippen molar-refractivity contribution in [1.82, 2.24) is 4.31 Å². The Morgan fingerprint density at radius 2 is 1.75 bits per heavy atom. The quantitative estimate of drug-likeness (QED) is 0.473. The van der Waals surface area contributed by atoms with Gasteiger partial charge in [0.05, 0.1) is 21.2 Å². The number of hydrogen-bond acceptors (Lipinski definition) is 6. The maximum atomic E-state index is 13.0. The number of carbonyl (C=O) groups is 1. The van der Waals surface area contributed by atoms with E-state index in [1.807, 2.05) is 0 Å². The van der Waals surface area contributed by atoms with Gasteiger partial charge < -0.3 is 10.2 Å². The number of benzene rings is 2. The summed E-state index contributed by atoms with van der Waals surface area (Å²) in [6.45, 7) is 5.75. The summed E-state index contributed by atoms with van der Waals surface area (Å²) < 4.78 is 27.4. The number of hydrogen-bond donors (Lipinski definition) is 1. The van der Waals surface area contributed by atoms with Gasteiger partial charge in [-0.2, -0.15) is 4.31 Å². The third-order valence-electron chi connectivity index (χ3n) is 5.60. The number of nitro benzene ring substituents is 1. The van der Waals surface area contributed by atoms with Crippen molar-refractivity contribution >= 4 is 33.0 Å². The highest BCUT2D eigenvalue weighted by molar-refractivity contribution is 7.89. The number of piperidine rings is 1. The van der Waals surface area contributed by atoms with Gasteiger partial charge in [-0.25, -0.2) is 8.42 Å². The number of amides is 1. The van der Waals surface area contributed by atoms with E-state index in [1.165, 1.54) is 28.6 Å². The zero-order valence-corrected chi connectivity index (χ0v) is 19.1. The second kappa shape index (κ2) is 10.1. The van der Waals surface area contributed by atoms with Gasteiger partial charge in [0.15, 0.2) is 0 Å². The van der Waals surface area contributed by atoms with Gasteiger partial charge in [0.25, 0.3) is 11.6 Å². The number of para-hydroxylation sites is 1. The van der Waals surface area contributed by atoms with Crippen LogP contribution in [0.4, 0.5) is 17.1 Å². The van der Waals surface area contributed by atoms with Crippen LogP contribution in [0.2, 0.25) is 0 Å². The zero-order valence-electron chi connectivity index (χ0n) is 18.3. The zero-order chi connectivity index (χ0) is 23.3. The number of sulfonamides is 1. The van der Waals surface area contributed by atoms with Crippen LogP contribution in [0.25, 0.3) is 0 Å². The van der Waals surface area contributed by atoms with Crippen LogP contribution in [0.5, 0.6) is 0 Å². The molecule has 9 nitrogen and oxygen atoms in total. The molecule has 172 valence electrons. The van der Waals surface area contributed by atoms with Gasteiger partial charge in [-0.3, -0.25) is 14.9 Å². The largest absolute Gasteiger partial charge is 0.370 e. The van der Waals surface area contributed by atoms with Crippen molar-refractivity contribution in [2.75, 3.05) is 36.4 Å². The molecule has 32 heavy (non-hydrogen) atoms. The highest BCUT2D eigenvalue weighted by atomic mass is 32.2. The topological polar surface area (TPSA) is 113 Å². The summed E-state index contributed by atoms with van der Waals surface area (Å²) >= 11 is 0. The van der Waals surface area contributed by atoms with Crippen molar-refractivity contribution in [3.05, 3.63) is 58.1 Å². The summed E-state index contributed by atoms with van der Waals surface area (Å²) in [4.78, 5) is 25.9. The molecule has 0 aliphatic carbocycles. The first-order valence-corrected chi connectivity index (χ1v) is 12.2. The van der Waals surface area contributed by atoms with Gasteiger partial charge in [0.2, 0.25) is 10.0 Å². The van der Waals surface area contributed by atoms with E-state index in [4.69, 9.17) is 0 Å². The number of rotatable bonds is 8. The maximum absolute atomic E-state index is 13.0. The first-order valence-electron chi connectivity index (χ1n) is 10.7. The first kappa shape index (κ1) is 23.7. The molecule has 10 heteroatoms. The monoisotopic (exact) mass is 460 g/mol. The van der Waals surface area contributed by atoms with Crippen LogP contribution in [0.15, 0.2) is 47.4 Å². The summed E-state index contributed by atoms with van der Waals surface area (Å²) in [6.07, 6.45) is 3.11. The highest BCUT2D eigenvalue weighted by Crippen LogP contribution is 2.33. The van der Waals surface area contributed by atoms with Gasteiger partial charge in [-0.1, -0.05) is 26.0 Å². The van der Waals surface area contributed by atoms with Crippen molar-refractivity contribution in [3.8, 4) is 0 Å². The minimum atomic E-state index is -3.74. The Hall–Kier alpha value is -2.98. The molecule has 0 saturated carbocycles. The molecule has 0 spiro atoms. The number of carbonyl (C=O) groups excluding carboxylic acids is 1. The standard InChI is InChI=1S/C22H28N4O5S/c1-3-25(4-2)32(30,31)17-12-13-21(24-14-8-5-9-15-24)19(16-17)23-22(27)18-10-6-7-11-20(18)26(28)29/h6-7,10-13,16H,3-5,8-9,14-15H2,1-2H3,(H,23,27). The summed E-state index contributed by atoms with van der Waals surface area (Å²) in [5, 5.41) is 14.1. The van der Waals surface area contributed by atoms with Crippen molar-refractivity contribution in [2.45, 2.75) is 38.0 Å². The van der Waals surface area contributed by atoms with Gasteiger partial charge >= 0.3 is 0 Å². The summed E-state index contributed by atoms with van der Waals surface area (Å²) in [7, 11) is -3.74. The van der Waals surface area contributed by atoms with Crippen LogP contribution in [-0.2, 0) is 10.0 Å². The van der Waals surface area contributed by atoms with Gasteiger partial charge in [0.1, 0.15) is 5.56 Å². The Balaban J connectivity index is 2.05. The number of nitrogens with one attached hydrogen (secondary N) is 1. The van der Waals surface area contributed by atoms with Crippen molar-refractivity contribution in [1.29, 1.82) is 0 Å². The van der Waals surface area contributed by atoms with Crippen LogP contribution in [0.1, 0.15) is 43.5 Å². The predicted octanol–water partition coefficient (Wildman–Crippen LogP) is 3.87. The Kier molecular flexibility index (Phi) is 7.47. The second-order valence-electron chi connectivity index (χ2n) is 7.54. The lowest BCUT2D eigenvalue weighted by molar-refractivity contribution is -0.385. The molecule has 1 N–H and O–H groups in total. The van der Waals surface area contributed by atoms with E-state index in [9.17, 15) is 23.3 Å². The van der Waals surface area contributed by atoms with Crippen LogP contribution < -0.4 is 10.2 Å². The van der Waals surface area contributed by atoms with E-state index in [0.29, 0.717) is 24.5 Å². The lowest BCUT2D eigenvalue weighted by Crippen LogP contribution is -2.32. The average molecular weight is 461 g/mol. The molecular formula is C22H28N4O5S. The Labute approximate surface area is 188 Å². The molecule has 0 unspecified atom stereocenters. The first-order chi connectivity index (χ1) is 15.3. The van der Waals surface area contributed by atoms with E-state index < -0.39 is 20.9 Å². The molecule has 1 aliphatic rings. The normalized spacial score (nSPS) is 14.4. The molecule has 1 aliphatic heterocycles. The number of nitrogens with zero attached hydrogens (tertiary/aromatic N) is 3. The van der Waals surface area contributed by atoms with Crippen molar-refractivity contribution < 1.29 is 18.1 Å². The molecule has 0 bridgehead atoms. The smallest absolute Gasteiger partial charge is 0.282 e. The third kappa shape index (κ3) is 4.91. The van der Waals surface area contributed by atoms with E-state index >= 15 is 0 Å². The Morgan fingerprint density at radius 1 is 1.09 bits per heavy atom. The minimum absolute atomic E-state index is 0.0693. The van der Waals surface area contributed by atoms with Gasteiger partial charge in [-0.15, -0.1) is 0 Å². The Bertz CT molecular complexity index is 1090. The van der Waals surface area contributed by atoms with Crippen molar-refractivity contribution in [2.24, 2.45) is 0 Å². The van der Waals surface area contributed by atoms with E-state index in [1.54, 1.807) is 32.0 Å². The SMILES string of the molecule is CCN(CC)S(=O)(=O)c1ccc(N2CCCCC2)c(NC(=O)c2ccccc2[N+](=O)[O-])c1. The molecule has 1 saturated heterocycles. The van der Waals surface area contributed by atoms with E-state index in [-0.39, 0.29) is 16.1 Å². The van der Waals surface area contributed by atoms with E-state index in [0.717, 1.165) is 32.4 Å². The minimum Gasteiger partial charge on any atom is -0.370 e. The fraction of sp³-hybridized carbons (Fsp3) is 0.409. The fourth-order valence-corrected chi connectivity index (χ4v) is 5.40. The Morgan fingerprint density at radius 3 is 2.38 bits per heavy atom. The van der Waals surface area contributed by atoms with E-state index in [2.05, 4.69) is 10.2 Å². The molecule has 3 rings (SSSR count). The molecule has 1 fully saturated rings. The van der Waals surface area contributed by atoms with Crippen LogP contribution in [0.3, 0.4) is 0 Å². The van der Waals surface area contributed by atoms with Crippen LogP contribution in [0, 0.1) is 10.1 Å². The van der Waals surface area contributed by atoms with Crippen LogP contribution >= 0.6 is 0 Å². The fourth-order valence-electron chi connectivity index (χ4n) is 3.91. The maximum Gasteiger partial charge on any atom is 0.282 e. The van der Waals surface area contributed by atoms with Gasteiger partial charge in [0, 0.05) is 32.2 Å². The molecule has 1 amide bonds. The predicted molar refractivity (Wildman–Crippen MR) is 124 cm³/mol. The summed E-state index contributed by atoms with van der Waals surface area (Å²) in [6, 6.07) is 10.4. The summed E-state index contributed by atoms with van der Waals surface area (Å²) in [5.74, 6) is -0.659.